The van der Waals surface area contributed by atoms with Crippen molar-refractivity contribution in [2.75, 3.05) is 13.6 Å². The number of hydrogen-bond acceptors (Lipinski definition) is 5. The van der Waals surface area contributed by atoms with Crippen LogP contribution < -0.4 is 0 Å². The van der Waals surface area contributed by atoms with Gasteiger partial charge in [0.05, 0.1) is 15.9 Å². The fraction of sp³-hybridized carbons (Fsp3) is 0.300. The molecule has 0 saturated heterocycles. The van der Waals surface area contributed by atoms with Crippen molar-refractivity contribution < 1.29 is 13.3 Å². The largest absolute Gasteiger partial charge is 0.289 e. The first kappa shape index (κ1) is 15.4. The van der Waals surface area contributed by atoms with E-state index in [0.29, 0.717) is 0 Å². The molecule has 0 amide bonds. The molecule has 0 aromatic heterocycles. The molecule has 0 N–H and O–H groups in total. The van der Waals surface area contributed by atoms with Crippen molar-refractivity contribution in [3.63, 3.8) is 0 Å². The molecule has 0 radical (unpaired) electrons. The second-order valence-corrected chi connectivity index (χ2v) is 6.06. The van der Waals surface area contributed by atoms with E-state index in [-0.39, 0.29) is 22.9 Å². The SMILES string of the molecule is CN(CCC#N)S(=O)(=O)c1ccc(Cl)c([N+](=O)[O-])c1. The number of nitriles is 1. The summed E-state index contributed by atoms with van der Waals surface area (Å²) in [5.41, 5.74) is -0.476. The average Bonchev–Trinajstić information content (AvgIpc) is 2.35. The monoisotopic (exact) mass is 303 g/mol. The van der Waals surface area contributed by atoms with Gasteiger partial charge in [-0.25, -0.2) is 8.42 Å². The number of rotatable bonds is 5. The zero-order valence-corrected chi connectivity index (χ0v) is 11.5. The van der Waals surface area contributed by atoms with E-state index in [1.807, 2.05) is 6.07 Å². The van der Waals surface area contributed by atoms with Crippen molar-refractivity contribution in [2.24, 2.45) is 0 Å². The Kier molecular flexibility index (Phi) is 4.83. The van der Waals surface area contributed by atoms with Crippen LogP contribution in [0.2, 0.25) is 5.02 Å². The highest BCUT2D eigenvalue weighted by molar-refractivity contribution is 7.89. The van der Waals surface area contributed by atoms with E-state index in [0.717, 1.165) is 16.4 Å². The third-order valence-corrected chi connectivity index (χ3v) is 4.53. The summed E-state index contributed by atoms with van der Waals surface area (Å²) in [5, 5.41) is 19.0. The van der Waals surface area contributed by atoms with Gasteiger partial charge in [-0.15, -0.1) is 0 Å². The van der Waals surface area contributed by atoms with Crippen LogP contribution in [-0.4, -0.2) is 31.2 Å². The van der Waals surface area contributed by atoms with Gasteiger partial charge < -0.3 is 0 Å². The summed E-state index contributed by atoms with van der Waals surface area (Å²) in [5.74, 6) is 0. The molecule has 0 aliphatic heterocycles. The fourth-order valence-electron chi connectivity index (χ4n) is 1.30. The van der Waals surface area contributed by atoms with Crippen LogP contribution in [0, 0.1) is 21.4 Å². The third-order valence-electron chi connectivity index (χ3n) is 2.36. The number of nitro groups is 1. The summed E-state index contributed by atoms with van der Waals surface area (Å²) >= 11 is 5.61. The Bertz CT molecular complexity index is 639. The molecule has 0 spiro atoms. The number of halogens is 1. The molecule has 0 atom stereocenters. The topological polar surface area (TPSA) is 104 Å². The minimum absolute atomic E-state index is 0.00918. The number of sulfonamides is 1. The van der Waals surface area contributed by atoms with E-state index in [4.69, 9.17) is 16.9 Å². The maximum atomic E-state index is 12.1. The van der Waals surface area contributed by atoms with Gasteiger partial charge in [0.25, 0.3) is 5.69 Å². The molecule has 19 heavy (non-hydrogen) atoms. The predicted molar refractivity (Wildman–Crippen MR) is 68.2 cm³/mol. The summed E-state index contributed by atoms with van der Waals surface area (Å²) in [6.45, 7) is 0.00918. The van der Waals surface area contributed by atoms with Crippen molar-refractivity contribution in [3.05, 3.63) is 33.3 Å². The van der Waals surface area contributed by atoms with E-state index < -0.39 is 20.6 Å². The molecule has 0 fully saturated rings. The first-order valence-electron chi connectivity index (χ1n) is 5.08. The Balaban J connectivity index is 3.19. The molecule has 0 saturated carbocycles. The highest BCUT2D eigenvalue weighted by atomic mass is 35.5. The van der Waals surface area contributed by atoms with Crippen LogP contribution in [-0.2, 0) is 10.0 Å². The molecule has 0 heterocycles. The molecule has 0 unspecified atom stereocenters. The van der Waals surface area contributed by atoms with Crippen molar-refractivity contribution >= 4 is 27.3 Å². The van der Waals surface area contributed by atoms with Gasteiger partial charge in [-0.05, 0) is 12.1 Å². The van der Waals surface area contributed by atoms with Crippen LogP contribution >= 0.6 is 11.6 Å². The maximum absolute atomic E-state index is 12.1. The standard InChI is InChI=1S/C10H10ClN3O4S/c1-13(6-2-5-12)19(17,18)8-3-4-9(11)10(7-8)14(15)16/h3-4,7H,2,6H2,1H3. The average molecular weight is 304 g/mol. The summed E-state index contributed by atoms with van der Waals surface area (Å²) in [7, 11) is -2.57. The zero-order chi connectivity index (χ0) is 14.6. The lowest BCUT2D eigenvalue weighted by molar-refractivity contribution is -0.384. The summed E-state index contributed by atoms with van der Waals surface area (Å²) in [6.07, 6.45) is 0.0331. The second kappa shape index (κ2) is 5.97. The van der Waals surface area contributed by atoms with Gasteiger partial charge in [0.15, 0.2) is 0 Å². The minimum Gasteiger partial charge on any atom is -0.258 e. The van der Waals surface area contributed by atoms with Gasteiger partial charge in [-0.1, -0.05) is 11.6 Å². The van der Waals surface area contributed by atoms with Crippen molar-refractivity contribution in [3.8, 4) is 6.07 Å². The normalized spacial score (nSPS) is 11.3. The molecule has 0 aliphatic rings. The van der Waals surface area contributed by atoms with Crippen LogP contribution in [0.3, 0.4) is 0 Å². The Morgan fingerprint density at radius 2 is 2.16 bits per heavy atom. The molecule has 1 aromatic rings. The van der Waals surface area contributed by atoms with Crippen molar-refractivity contribution in [1.82, 2.24) is 4.31 Å². The quantitative estimate of drug-likeness (QED) is 0.609. The summed E-state index contributed by atoms with van der Waals surface area (Å²) < 4.78 is 25.1. The van der Waals surface area contributed by atoms with Crippen LogP contribution in [0.1, 0.15) is 6.42 Å². The molecule has 7 nitrogen and oxygen atoms in total. The molecule has 1 aromatic carbocycles. The lowest BCUT2D eigenvalue weighted by Crippen LogP contribution is -2.27. The third kappa shape index (κ3) is 3.41. The van der Waals surface area contributed by atoms with Gasteiger partial charge in [0.2, 0.25) is 10.0 Å². The van der Waals surface area contributed by atoms with E-state index in [1.165, 1.54) is 13.1 Å². The zero-order valence-electron chi connectivity index (χ0n) is 9.91. The van der Waals surface area contributed by atoms with Crippen LogP contribution in [0.25, 0.3) is 0 Å². The fourth-order valence-corrected chi connectivity index (χ4v) is 2.68. The van der Waals surface area contributed by atoms with Crippen molar-refractivity contribution in [2.45, 2.75) is 11.3 Å². The summed E-state index contributed by atoms with van der Waals surface area (Å²) in [6, 6.07) is 5.07. The number of hydrogen-bond donors (Lipinski definition) is 0. The molecule has 1 rings (SSSR count). The molecular weight excluding hydrogens is 294 g/mol. The Labute approximate surface area is 115 Å². The smallest absolute Gasteiger partial charge is 0.258 e. The van der Waals surface area contributed by atoms with E-state index in [2.05, 4.69) is 0 Å². The molecular formula is C10H10ClN3O4S. The highest BCUT2D eigenvalue weighted by Gasteiger charge is 2.24. The second-order valence-electron chi connectivity index (χ2n) is 3.61. The van der Waals surface area contributed by atoms with E-state index in [1.54, 1.807) is 0 Å². The molecule has 9 heteroatoms. The van der Waals surface area contributed by atoms with Gasteiger partial charge in [0, 0.05) is 26.1 Å². The van der Waals surface area contributed by atoms with E-state index in [9.17, 15) is 18.5 Å². The summed E-state index contributed by atoms with van der Waals surface area (Å²) in [4.78, 5) is 9.73. The van der Waals surface area contributed by atoms with E-state index >= 15 is 0 Å². The van der Waals surface area contributed by atoms with Crippen LogP contribution in [0.5, 0.6) is 0 Å². The lowest BCUT2D eigenvalue weighted by atomic mass is 10.3. The molecule has 0 aliphatic carbocycles. The first-order chi connectivity index (χ1) is 8.80. The number of nitro benzene ring substituents is 1. The first-order valence-corrected chi connectivity index (χ1v) is 6.89. The molecule has 0 bridgehead atoms. The van der Waals surface area contributed by atoms with Gasteiger partial charge in [-0.3, -0.25) is 10.1 Å². The highest BCUT2D eigenvalue weighted by Crippen LogP contribution is 2.28. The van der Waals surface area contributed by atoms with Gasteiger partial charge in [-0.2, -0.15) is 9.57 Å². The predicted octanol–water partition coefficient (Wildman–Crippen LogP) is 1.78. The Hall–Kier alpha value is -1.69. The maximum Gasteiger partial charge on any atom is 0.289 e. The van der Waals surface area contributed by atoms with Gasteiger partial charge >= 0.3 is 0 Å². The van der Waals surface area contributed by atoms with Crippen LogP contribution in [0.4, 0.5) is 5.69 Å². The number of nitrogens with zero attached hydrogens (tertiary/aromatic N) is 3. The molecule has 102 valence electrons. The minimum atomic E-state index is -3.86. The number of benzene rings is 1. The Morgan fingerprint density at radius 1 is 1.53 bits per heavy atom. The lowest BCUT2D eigenvalue weighted by Gasteiger charge is -2.15. The van der Waals surface area contributed by atoms with Gasteiger partial charge in [0.1, 0.15) is 5.02 Å². The van der Waals surface area contributed by atoms with Crippen molar-refractivity contribution in [1.29, 1.82) is 5.26 Å². The van der Waals surface area contributed by atoms with Crippen LogP contribution in [0.15, 0.2) is 23.1 Å². The Morgan fingerprint density at radius 3 is 2.68 bits per heavy atom.